The van der Waals surface area contributed by atoms with Crippen molar-refractivity contribution < 1.29 is 19.7 Å². The van der Waals surface area contributed by atoms with Gasteiger partial charge < -0.3 is 19.7 Å². The maximum Gasteiger partial charge on any atom is 0.307 e. The summed E-state index contributed by atoms with van der Waals surface area (Å²) in [5, 5.41) is 20.1. The van der Waals surface area contributed by atoms with E-state index in [1.807, 2.05) is 0 Å². The van der Waals surface area contributed by atoms with E-state index in [9.17, 15) is 19.8 Å². The van der Waals surface area contributed by atoms with Crippen LogP contribution < -0.4 is 19.2 Å². The predicted octanol–water partition coefficient (Wildman–Crippen LogP) is 1.51. The highest BCUT2D eigenvalue weighted by Gasteiger charge is 2.29. The molecule has 0 fully saturated rings. The first-order valence-corrected chi connectivity index (χ1v) is 8.39. The molecular formula is C14H10N2O6S2. The van der Waals surface area contributed by atoms with Crippen LogP contribution in [0.3, 0.4) is 0 Å². The predicted molar refractivity (Wildman–Crippen MR) is 86.7 cm³/mol. The Hall–Kier alpha value is -2.72. The van der Waals surface area contributed by atoms with Gasteiger partial charge in [0.05, 0.1) is 15.7 Å². The van der Waals surface area contributed by atoms with Gasteiger partial charge in [-0.05, 0) is 17.7 Å². The second kappa shape index (κ2) is 5.42. The minimum atomic E-state index is -0.701. The van der Waals surface area contributed by atoms with Crippen molar-refractivity contribution in [1.82, 2.24) is 9.97 Å². The van der Waals surface area contributed by atoms with Crippen LogP contribution in [-0.4, -0.2) is 27.0 Å². The molecule has 0 radical (unpaired) electrons. The average molecular weight is 366 g/mol. The number of thiazole rings is 2. The highest BCUT2D eigenvalue weighted by atomic mass is 32.1. The number of aromatic amines is 2. The smallest absolute Gasteiger partial charge is 0.307 e. The summed E-state index contributed by atoms with van der Waals surface area (Å²) in [6.45, 7) is 0.106. The number of rotatable bonds is 3. The quantitative estimate of drug-likeness (QED) is 0.557. The summed E-state index contributed by atoms with van der Waals surface area (Å²) in [5.41, 5.74) is 0.635. The Balaban J connectivity index is 1.94. The van der Waals surface area contributed by atoms with Gasteiger partial charge in [0.2, 0.25) is 18.6 Å². The van der Waals surface area contributed by atoms with E-state index in [2.05, 4.69) is 9.97 Å². The summed E-state index contributed by atoms with van der Waals surface area (Å²) in [4.78, 5) is 27.5. The number of aromatic hydroxyl groups is 2. The fourth-order valence-corrected chi connectivity index (χ4v) is 4.38. The summed E-state index contributed by atoms with van der Waals surface area (Å²) in [6.07, 6.45) is 0. The second-order valence-electron chi connectivity index (χ2n) is 5.00. The van der Waals surface area contributed by atoms with Crippen molar-refractivity contribution in [2.45, 2.75) is 5.92 Å². The molecule has 3 aromatic rings. The summed E-state index contributed by atoms with van der Waals surface area (Å²) < 4.78 is 10.6. The molecule has 124 valence electrons. The number of nitrogens with one attached hydrogen (secondary N) is 2. The van der Waals surface area contributed by atoms with Crippen molar-refractivity contribution in [1.29, 1.82) is 0 Å². The van der Waals surface area contributed by atoms with E-state index in [-0.39, 0.29) is 18.6 Å². The van der Waals surface area contributed by atoms with Gasteiger partial charge in [0.25, 0.3) is 0 Å². The molecule has 4 N–H and O–H groups in total. The van der Waals surface area contributed by atoms with Crippen LogP contribution in [0.15, 0.2) is 27.8 Å². The van der Waals surface area contributed by atoms with Crippen LogP contribution in [0.2, 0.25) is 0 Å². The van der Waals surface area contributed by atoms with E-state index in [1.54, 1.807) is 18.2 Å². The molecule has 4 rings (SSSR count). The van der Waals surface area contributed by atoms with Crippen LogP contribution in [0, 0.1) is 0 Å². The Morgan fingerprint density at radius 2 is 1.54 bits per heavy atom. The molecule has 0 amide bonds. The van der Waals surface area contributed by atoms with Crippen molar-refractivity contribution in [2.24, 2.45) is 0 Å². The third-order valence-corrected chi connectivity index (χ3v) is 5.44. The first-order chi connectivity index (χ1) is 11.5. The summed E-state index contributed by atoms with van der Waals surface area (Å²) in [5.74, 6) is -0.203. The number of hydrogen-bond acceptors (Lipinski definition) is 8. The van der Waals surface area contributed by atoms with Crippen molar-refractivity contribution in [3.8, 4) is 23.3 Å². The normalized spacial score (nSPS) is 12.9. The molecule has 24 heavy (non-hydrogen) atoms. The van der Waals surface area contributed by atoms with Gasteiger partial charge in [0, 0.05) is 0 Å². The van der Waals surface area contributed by atoms with Crippen LogP contribution in [0.25, 0.3) is 0 Å². The lowest BCUT2D eigenvalue weighted by molar-refractivity contribution is 0.174. The van der Waals surface area contributed by atoms with Crippen LogP contribution in [0.5, 0.6) is 23.3 Å². The molecule has 0 spiro atoms. The molecule has 0 aliphatic carbocycles. The highest BCUT2D eigenvalue weighted by Crippen LogP contribution is 2.44. The summed E-state index contributed by atoms with van der Waals surface area (Å²) >= 11 is 1.62. The van der Waals surface area contributed by atoms with Crippen molar-refractivity contribution in [3.63, 3.8) is 0 Å². The lowest BCUT2D eigenvalue weighted by Gasteiger charge is -2.15. The average Bonchev–Trinajstić information content (AvgIpc) is 3.20. The molecule has 1 aliphatic heterocycles. The van der Waals surface area contributed by atoms with Crippen LogP contribution >= 0.6 is 22.7 Å². The molecule has 0 atom stereocenters. The maximum atomic E-state index is 11.6. The van der Waals surface area contributed by atoms with E-state index in [0.29, 0.717) is 26.8 Å². The zero-order valence-electron chi connectivity index (χ0n) is 11.9. The number of ether oxygens (including phenoxy) is 2. The Morgan fingerprint density at radius 1 is 0.958 bits per heavy atom. The van der Waals surface area contributed by atoms with Gasteiger partial charge in [-0.2, -0.15) is 0 Å². The topological polar surface area (TPSA) is 125 Å². The van der Waals surface area contributed by atoms with Gasteiger partial charge in [-0.1, -0.05) is 28.7 Å². The fraction of sp³-hybridized carbons (Fsp3) is 0.143. The number of H-pyrrole nitrogens is 2. The van der Waals surface area contributed by atoms with E-state index < -0.39 is 15.7 Å². The number of aromatic nitrogens is 2. The van der Waals surface area contributed by atoms with E-state index >= 15 is 0 Å². The molecule has 2 aromatic heterocycles. The fourth-order valence-electron chi connectivity index (χ4n) is 2.57. The molecule has 0 bridgehead atoms. The Labute approximate surface area is 141 Å². The molecule has 1 aliphatic rings. The zero-order chi connectivity index (χ0) is 16.8. The van der Waals surface area contributed by atoms with Crippen molar-refractivity contribution >= 4 is 22.7 Å². The molecular weight excluding hydrogens is 356 g/mol. The first-order valence-electron chi connectivity index (χ1n) is 6.76. The van der Waals surface area contributed by atoms with Gasteiger partial charge in [-0.3, -0.25) is 19.6 Å². The van der Waals surface area contributed by atoms with Gasteiger partial charge in [0.1, 0.15) is 0 Å². The standard InChI is InChI=1S/C14H10N2O6S2/c17-11-9(23-13(19)15-11)8(10-12(18)16-14(20)24-10)5-1-2-6-7(3-5)22-4-21-6/h1-3,8,17-18H,4H2,(H,15,19)(H,16,20). The first kappa shape index (κ1) is 14.8. The largest absolute Gasteiger partial charge is 0.494 e. The van der Waals surface area contributed by atoms with Gasteiger partial charge in [0.15, 0.2) is 11.5 Å². The van der Waals surface area contributed by atoms with Crippen LogP contribution in [-0.2, 0) is 0 Å². The van der Waals surface area contributed by atoms with E-state index in [0.717, 1.165) is 22.7 Å². The van der Waals surface area contributed by atoms with Crippen LogP contribution in [0.1, 0.15) is 21.2 Å². The van der Waals surface area contributed by atoms with Gasteiger partial charge >= 0.3 is 9.75 Å². The summed E-state index contributed by atoms with van der Waals surface area (Å²) in [7, 11) is 0. The zero-order valence-corrected chi connectivity index (χ0v) is 13.5. The van der Waals surface area contributed by atoms with Gasteiger partial charge in [-0.15, -0.1) is 0 Å². The number of hydrogen-bond donors (Lipinski definition) is 4. The minimum Gasteiger partial charge on any atom is -0.494 e. The molecule has 0 unspecified atom stereocenters. The third-order valence-electron chi connectivity index (χ3n) is 3.57. The number of fused-ring (bicyclic) bond motifs is 1. The molecule has 3 heterocycles. The minimum absolute atomic E-state index is 0.106. The lowest BCUT2D eigenvalue weighted by atomic mass is 9.95. The maximum absolute atomic E-state index is 11.6. The van der Waals surface area contributed by atoms with E-state index in [1.165, 1.54) is 0 Å². The molecule has 0 saturated heterocycles. The Bertz CT molecular complexity index is 976. The van der Waals surface area contributed by atoms with Crippen molar-refractivity contribution in [2.75, 3.05) is 6.79 Å². The monoisotopic (exact) mass is 366 g/mol. The summed E-state index contributed by atoms with van der Waals surface area (Å²) in [6, 6.07) is 5.12. The number of benzene rings is 1. The molecule has 8 nitrogen and oxygen atoms in total. The molecule has 0 saturated carbocycles. The van der Waals surface area contributed by atoms with E-state index in [4.69, 9.17) is 9.47 Å². The lowest BCUT2D eigenvalue weighted by Crippen LogP contribution is -2.00. The molecule has 1 aromatic carbocycles. The SMILES string of the molecule is O=c1[nH]c(O)c(C(c2ccc3c(c2)OCO3)c2sc(=O)[nH]c2O)s1. The third kappa shape index (κ3) is 2.36. The Morgan fingerprint density at radius 3 is 2.08 bits per heavy atom. The molecule has 10 heteroatoms. The highest BCUT2D eigenvalue weighted by molar-refractivity contribution is 7.11. The second-order valence-corrected chi connectivity index (χ2v) is 7.03. The van der Waals surface area contributed by atoms with Gasteiger partial charge in [-0.25, -0.2) is 0 Å². The Kier molecular flexibility index (Phi) is 3.36. The van der Waals surface area contributed by atoms with Crippen LogP contribution in [0.4, 0.5) is 0 Å². The van der Waals surface area contributed by atoms with Crippen molar-refractivity contribution in [3.05, 3.63) is 52.9 Å².